The molecule has 0 radical (unpaired) electrons. The number of phenols is 1. The van der Waals surface area contributed by atoms with Crippen LogP contribution < -0.4 is 10.2 Å². The van der Waals surface area contributed by atoms with E-state index in [0.29, 0.717) is 19.3 Å². The second-order valence-corrected chi connectivity index (χ2v) is 9.04. The molecule has 0 unspecified atom stereocenters. The number of amides is 2. The zero-order chi connectivity index (χ0) is 19.9. The van der Waals surface area contributed by atoms with Gasteiger partial charge in [0.15, 0.2) is 5.11 Å². The smallest absolute Gasteiger partial charge is 0.270 e. The molecule has 9 heteroatoms. The summed E-state index contributed by atoms with van der Waals surface area (Å²) in [6, 6.07) is 8.74. The summed E-state index contributed by atoms with van der Waals surface area (Å²) >= 11 is 13.9. The Morgan fingerprint density at radius 3 is 2.56 bits per heavy atom. The molecule has 1 saturated heterocycles. The standard InChI is InChI=1S/C18H11Br2IN2O3S/c1-8-4-10(19)2-3-14(8)23-17(26)11(16(25)22-18(23)27)5-9-6-12(20)15(24)13(21)7-9/h2-7,24H,1H3,(H,22,25,27)/b11-5+. The van der Waals surface area contributed by atoms with Crippen LogP contribution in [0.5, 0.6) is 5.75 Å². The van der Waals surface area contributed by atoms with Crippen molar-refractivity contribution in [3.8, 4) is 5.75 Å². The third-order valence-electron chi connectivity index (χ3n) is 3.85. The first-order valence-electron chi connectivity index (χ1n) is 7.54. The van der Waals surface area contributed by atoms with Gasteiger partial charge in [-0.15, -0.1) is 0 Å². The summed E-state index contributed by atoms with van der Waals surface area (Å²) in [6.45, 7) is 1.86. The molecule has 2 aromatic rings. The number of nitrogens with one attached hydrogen (secondary N) is 1. The quantitative estimate of drug-likeness (QED) is 0.222. The van der Waals surface area contributed by atoms with Crippen LogP contribution in [0.4, 0.5) is 5.69 Å². The van der Waals surface area contributed by atoms with Crippen molar-refractivity contribution in [1.82, 2.24) is 5.32 Å². The van der Waals surface area contributed by atoms with E-state index in [1.807, 2.05) is 35.6 Å². The fraction of sp³-hybridized carbons (Fsp3) is 0.0556. The van der Waals surface area contributed by atoms with Gasteiger partial charge >= 0.3 is 0 Å². The average Bonchev–Trinajstić information content (AvgIpc) is 2.58. The fourth-order valence-electron chi connectivity index (χ4n) is 2.58. The highest BCUT2D eigenvalue weighted by atomic mass is 127. The molecule has 2 aromatic carbocycles. The second-order valence-electron chi connectivity index (χ2n) is 5.72. The minimum Gasteiger partial charge on any atom is -0.506 e. The lowest BCUT2D eigenvalue weighted by atomic mass is 10.1. The van der Waals surface area contributed by atoms with Gasteiger partial charge in [0.2, 0.25) is 0 Å². The van der Waals surface area contributed by atoms with E-state index in [4.69, 9.17) is 12.2 Å². The van der Waals surface area contributed by atoms with Crippen molar-refractivity contribution in [2.24, 2.45) is 0 Å². The molecule has 138 valence electrons. The Kier molecular flexibility index (Phi) is 6.04. The Morgan fingerprint density at radius 1 is 1.22 bits per heavy atom. The number of benzene rings is 2. The van der Waals surface area contributed by atoms with Gasteiger partial charge in [0.1, 0.15) is 11.3 Å². The summed E-state index contributed by atoms with van der Waals surface area (Å²) < 4.78 is 1.94. The molecule has 3 rings (SSSR count). The van der Waals surface area contributed by atoms with Crippen LogP contribution in [0.15, 0.2) is 44.9 Å². The van der Waals surface area contributed by atoms with Crippen molar-refractivity contribution in [3.05, 3.63) is 59.5 Å². The number of carbonyl (C=O) groups is 2. The number of anilines is 1. The number of thiocarbonyl (C=S) groups is 1. The van der Waals surface area contributed by atoms with Crippen LogP contribution in [-0.2, 0) is 9.59 Å². The monoisotopic (exact) mass is 620 g/mol. The molecule has 0 atom stereocenters. The molecule has 1 heterocycles. The summed E-state index contributed by atoms with van der Waals surface area (Å²) in [4.78, 5) is 26.8. The number of rotatable bonds is 2. The Bertz CT molecular complexity index is 1020. The lowest BCUT2D eigenvalue weighted by Gasteiger charge is -2.30. The summed E-state index contributed by atoms with van der Waals surface area (Å²) in [5.74, 6) is -0.964. The fourth-order valence-corrected chi connectivity index (χ4v) is 4.83. The highest BCUT2D eigenvalue weighted by molar-refractivity contribution is 14.1. The molecule has 0 spiro atoms. The summed E-state index contributed by atoms with van der Waals surface area (Å²) in [5, 5.41) is 12.5. The topological polar surface area (TPSA) is 69.6 Å². The number of aromatic hydroxyl groups is 1. The van der Waals surface area contributed by atoms with Crippen LogP contribution in [0, 0.1) is 10.5 Å². The number of hydrogen-bond acceptors (Lipinski definition) is 4. The van der Waals surface area contributed by atoms with Crippen molar-refractivity contribution in [2.75, 3.05) is 4.90 Å². The zero-order valence-electron chi connectivity index (χ0n) is 13.7. The third-order valence-corrected chi connectivity index (χ3v) is 6.06. The van der Waals surface area contributed by atoms with Crippen molar-refractivity contribution in [1.29, 1.82) is 0 Å². The molecule has 5 nitrogen and oxygen atoms in total. The molecule has 2 N–H and O–H groups in total. The van der Waals surface area contributed by atoms with Crippen LogP contribution >= 0.6 is 66.7 Å². The van der Waals surface area contributed by atoms with Crippen LogP contribution in [-0.4, -0.2) is 22.0 Å². The van der Waals surface area contributed by atoms with Crippen molar-refractivity contribution in [3.63, 3.8) is 0 Å². The van der Waals surface area contributed by atoms with E-state index in [-0.39, 0.29) is 16.4 Å². The summed E-state index contributed by atoms with van der Waals surface area (Å²) in [7, 11) is 0. The van der Waals surface area contributed by atoms with Crippen LogP contribution in [0.3, 0.4) is 0 Å². The maximum atomic E-state index is 13.1. The number of phenolic OH excluding ortho intramolecular Hbond substituents is 1. The van der Waals surface area contributed by atoms with Gasteiger partial charge < -0.3 is 5.11 Å². The number of aryl methyl sites for hydroxylation is 1. The van der Waals surface area contributed by atoms with Crippen LogP contribution in [0.1, 0.15) is 11.1 Å². The van der Waals surface area contributed by atoms with E-state index >= 15 is 0 Å². The molecule has 2 amide bonds. The molecule has 1 aliphatic rings. The molecular weight excluding hydrogens is 611 g/mol. The number of halogens is 3. The van der Waals surface area contributed by atoms with Crippen molar-refractivity contribution in [2.45, 2.75) is 6.92 Å². The molecule has 0 aliphatic carbocycles. The van der Waals surface area contributed by atoms with Gasteiger partial charge in [-0.25, -0.2) is 0 Å². The number of hydrogen-bond donors (Lipinski definition) is 2. The Labute approximate surface area is 191 Å². The lowest BCUT2D eigenvalue weighted by Crippen LogP contribution is -2.54. The van der Waals surface area contributed by atoms with Gasteiger partial charge in [-0.1, -0.05) is 15.9 Å². The summed E-state index contributed by atoms with van der Waals surface area (Å²) in [6.07, 6.45) is 1.48. The van der Waals surface area contributed by atoms with Gasteiger partial charge in [0.25, 0.3) is 11.8 Å². The molecule has 1 aliphatic heterocycles. The molecule has 0 saturated carbocycles. The number of nitrogens with zero attached hydrogens (tertiary/aromatic N) is 1. The lowest BCUT2D eigenvalue weighted by molar-refractivity contribution is -0.122. The third kappa shape index (κ3) is 4.10. The molecular formula is C18H11Br2IN2O3S. The van der Waals surface area contributed by atoms with E-state index < -0.39 is 11.8 Å². The average molecular weight is 622 g/mol. The molecule has 0 bridgehead atoms. The number of carbonyl (C=O) groups excluding carboxylic acids is 2. The highest BCUT2D eigenvalue weighted by Crippen LogP contribution is 2.32. The van der Waals surface area contributed by atoms with Gasteiger partial charge in [-0.05, 0) is 105 Å². The molecule has 0 aromatic heterocycles. The largest absolute Gasteiger partial charge is 0.506 e. The molecule has 27 heavy (non-hydrogen) atoms. The maximum Gasteiger partial charge on any atom is 0.270 e. The predicted octanol–water partition coefficient (Wildman–Crippen LogP) is 4.66. The normalized spacial score (nSPS) is 16.1. The summed E-state index contributed by atoms with van der Waals surface area (Å²) in [5.41, 5.74) is 1.99. The van der Waals surface area contributed by atoms with Gasteiger partial charge in [-0.3, -0.25) is 19.8 Å². The van der Waals surface area contributed by atoms with Gasteiger partial charge in [-0.2, -0.15) is 0 Å². The van der Waals surface area contributed by atoms with Crippen molar-refractivity contribution >= 4 is 95.4 Å². The predicted molar refractivity (Wildman–Crippen MR) is 124 cm³/mol. The SMILES string of the molecule is Cc1cc(Br)ccc1N1C(=O)/C(=C/c2cc(Br)c(O)c(I)c2)C(=O)NC1=S. The second kappa shape index (κ2) is 7.98. The highest BCUT2D eigenvalue weighted by Gasteiger charge is 2.35. The maximum absolute atomic E-state index is 13.1. The minimum atomic E-state index is -0.560. The Hall–Kier alpha value is -1.30. The minimum absolute atomic E-state index is 0.0361. The zero-order valence-corrected chi connectivity index (χ0v) is 19.9. The first-order valence-corrected chi connectivity index (χ1v) is 10.6. The van der Waals surface area contributed by atoms with Gasteiger partial charge in [0.05, 0.1) is 13.7 Å². The molecule has 1 fully saturated rings. The van der Waals surface area contributed by atoms with Crippen molar-refractivity contribution < 1.29 is 14.7 Å². The first kappa shape index (κ1) is 20.4. The van der Waals surface area contributed by atoms with E-state index in [1.54, 1.807) is 24.3 Å². The van der Waals surface area contributed by atoms with Gasteiger partial charge in [0, 0.05) is 4.47 Å². The Balaban J connectivity index is 2.07. The van der Waals surface area contributed by atoms with E-state index in [1.165, 1.54) is 11.0 Å². The van der Waals surface area contributed by atoms with Crippen LogP contribution in [0.25, 0.3) is 6.08 Å². The Morgan fingerprint density at radius 2 is 1.93 bits per heavy atom. The van der Waals surface area contributed by atoms with E-state index in [9.17, 15) is 14.7 Å². The van der Waals surface area contributed by atoms with Crippen LogP contribution in [0.2, 0.25) is 0 Å². The first-order chi connectivity index (χ1) is 12.7. The van der Waals surface area contributed by atoms with E-state index in [2.05, 4.69) is 37.2 Å². The van der Waals surface area contributed by atoms with E-state index in [0.717, 1.165) is 10.0 Å².